The summed E-state index contributed by atoms with van der Waals surface area (Å²) in [6.07, 6.45) is 5.34. The van der Waals surface area contributed by atoms with Crippen LogP contribution < -0.4 is 0 Å². The summed E-state index contributed by atoms with van der Waals surface area (Å²) in [5.74, 6) is 1.23. The fraction of sp³-hybridized carbons (Fsp3) is 0.286. The molecule has 0 spiro atoms. The predicted molar refractivity (Wildman–Crippen MR) is 47.2 cm³/mol. The molecule has 0 aliphatic carbocycles. The number of hydrogen-bond acceptors (Lipinski definition) is 3. The Morgan fingerprint density at radius 1 is 1.50 bits per heavy atom. The van der Waals surface area contributed by atoms with Crippen molar-refractivity contribution in [3.8, 4) is 0 Å². The molecular weight excluding hydrogens is 162 g/mol. The first kappa shape index (κ1) is 6.43. The van der Waals surface area contributed by atoms with Crippen molar-refractivity contribution in [3.05, 3.63) is 22.7 Å². The summed E-state index contributed by atoms with van der Waals surface area (Å²) in [4.78, 5) is 5.60. The van der Waals surface area contributed by atoms with E-state index >= 15 is 0 Å². The minimum Gasteiger partial charge on any atom is -0.244 e. The fourth-order valence-electron chi connectivity index (χ4n) is 0.912. The summed E-state index contributed by atoms with van der Waals surface area (Å²) in [5, 5.41) is 3.21. The molecule has 2 heterocycles. The Bertz CT molecular complexity index is 238. The highest BCUT2D eigenvalue weighted by molar-refractivity contribution is 8.08. The largest absolute Gasteiger partial charge is 0.244 e. The molecule has 1 aliphatic heterocycles. The number of allylic oxidation sites excluding steroid dienone is 1. The molecule has 3 heteroatoms. The van der Waals surface area contributed by atoms with E-state index in [1.54, 1.807) is 11.3 Å². The van der Waals surface area contributed by atoms with Gasteiger partial charge in [0, 0.05) is 22.2 Å². The summed E-state index contributed by atoms with van der Waals surface area (Å²) in [6.45, 7) is 0. The van der Waals surface area contributed by atoms with Crippen LogP contribution >= 0.6 is 23.1 Å². The molecule has 0 fully saturated rings. The normalized spacial score (nSPS) is 17.4. The third-order valence-electron chi connectivity index (χ3n) is 1.35. The van der Waals surface area contributed by atoms with E-state index in [2.05, 4.69) is 11.1 Å². The quantitative estimate of drug-likeness (QED) is 0.641. The highest BCUT2D eigenvalue weighted by atomic mass is 32.2. The second-order valence-corrected chi connectivity index (χ2v) is 4.07. The van der Waals surface area contributed by atoms with Crippen LogP contribution in [-0.4, -0.2) is 10.7 Å². The van der Waals surface area contributed by atoms with Crippen molar-refractivity contribution in [2.75, 3.05) is 5.75 Å². The lowest BCUT2D eigenvalue weighted by Gasteiger charge is -1.91. The predicted octanol–water partition coefficient (Wildman–Crippen LogP) is 2.62. The molecule has 0 aromatic carbocycles. The smallest absolute Gasteiger partial charge is 0.129 e. The minimum absolute atomic E-state index is 1.18. The molecule has 0 N–H and O–H groups in total. The van der Waals surface area contributed by atoms with Crippen molar-refractivity contribution in [2.24, 2.45) is 0 Å². The molecule has 1 aliphatic rings. The zero-order valence-electron chi connectivity index (χ0n) is 5.41. The second-order valence-electron chi connectivity index (χ2n) is 2.04. The Morgan fingerprint density at radius 2 is 2.50 bits per heavy atom. The van der Waals surface area contributed by atoms with Gasteiger partial charge in [0.25, 0.3) is 0 Å². The van der Waals surface area contributed by atoms with Gasteiger partial charge in [0.1, 0.15) is 5.01 Å². The van der Waals surface area contributed by atoms with E-state index in [0.29, 0.717) is 0 Å². The maximum atomic E-state index is 4.23. The third kappa shape index (κ3) is 1.11. The van der Waals surface area contributed by atoms with Crippen molar-refractivity contribution in [1.29, 1.82) is 0 Å². The van der Waals surface area contributed by atoms with Crippen LogP contribution in [0.15, 0.2) is 17.7 Å². The molecule has 2 rings (SSSR count). The SMILES string of the molecule is C1=C(c2nccs2)SCC1. The summed E-state index contributed by atoms with van der Waals surface area (Å²) >= 11 is 3.63. The van der Waals surface area contributed by atoms with Crippen LogP contribution in [0.1, 0.15) is 11.4 Å². The minimum atomic E-state index is 1.18. The van der Waals surface area contributed by atoms with Gasteiger partial charge in [-0.3, -0.25) is 0 Å². The highest BCUT2D eigenvalue weighted by Gasteiger charge is 2.08. The molecule has 0 bridgehead atoms. The molecule has 0 saturated carbocycles. The first-order valence-corrected chi connectivity index (χ1v) is 5.06. The van der Waals surface area contributed by atoms with Crippen molar-refractivity contribution in [3.63, 3.8) is 0 Å². The lowest BCUT2D eigenvalue weighted by atomic mass is 10.4. The molecule has 0 amide bonds. The Labute approximate surface area is 68.2 Å². The van der Waals surface area contributed by atoms with Crippen molar-refractivity contribution in [2.45, 2.75) is 6.42 Å². The van der Waals surface area contributed by atoms with E-state index in [1.807, 2.05) is 23.3 Å². The molecule has 10 heavy (non-hydrogen) atoms. The zero-order chi connectivity index (χ0) is 6.81. The Kier molecular flexibility index (Phi) is 1.78. The molecule has 1 aromatic rings. The monoisotopic (exact) mass is 169 g/mol. The summed E-state index contributed by atoms with van der Waals surface area (Å²) < 4.78 is 0. The van der Waals surface area contributed by atoms with Crippen LogP contribution in [0.5, 0.6) is 0 Å². The Hall–Kier alpha value is -0.280. The van der Waals surface area contributed by atoms with E-state index in [0.717, 1.165) is 0 Å². The van der Waals surface area contributed by atoms with E-state index in [1.165, 1.54) is 22.1 Å². The number of nitrogens with zero attached hydrogens (tertiary/aromatic N) is 1. The van der Waals surface area contributed by atoms with Gasteiger partial charge >= 0.3 is 0 Å². The van der Waals surface area contributed by atoms with E-state index < -0.39 is 0 Å². The van der Waals surface area contributed by atoms with E-state index in [9.17, 15) is 0 Å². The number of rotatable bonds is 1. The summed E-state index contributed by atoms with van der Waals surface area (Å²) in [5.41, 5.74) is 0. The first-order chi connectivity index (χ1) is 4.97. The van der Waals surface area contributed by atoms with E-state index in [-0.39, 0.29) is 0 Å². The maximum Gasteiger partial charge on any atom is 0.129 e. The van der Waals surface area contributed by atoms with Gasteiger partial charge in [-0.1, -0.05) is 6.08 Å². The standard InChI is InChI=1S/C7H7NS2/c1-2-6(9-4-1)7-8-3-5-10-7/h2-3,5H,1,4H2. The number of thiazole rings is 1. The topological polar surface area (TPSA) is 12.9 Å². The molecule has 0 radical (unpaired) electrons. The van der Waals surface area contributed by atoms with Gasteiger partial charge in [-0.2, -0.15) is 0 Å². The van der Waals surface area contributed by atoms with Gasteiger partial charge in [-0.25, -0.2) is 4.98 Å². The second kappa shape index (κ2) is 2.76. The van der Waals surface area contributed by atoms with Crippen molar-refractivity contribution >= 4 is 28.0 Å². The van der Waals surface area contributed by atoms with Crippen LogP contribution in [-0.2, 0) is 0 Å². The average molecular weight is 169 g/mol. The Morgan fingerprint density at radius 3 is 3.10 bits per heavy atom. The van der Waals surface area contributed by atoms with Gasteiger partial charge < -0.3 is 0 Å². The van der Waals surface area contributed by atoms with Gasteiger partial charge in [-0.05, 0) is 6.42 Å². The molecule has 0 saturated heterocycles. The lowest BCUT2D eigenvalue weighted by Crippen LogP contribution is -1.70. The van der Waals surface area contributed by atoms with Crippen LogP contribution in [0.3, 0.4) is 0 Å². The molecule has 1 aromatic heterocycles. The molecule has 52 valence electrons. The van der Waals surface area contributed by atoms with Gasteiger partial charge in [0.05, 0.1) is 0 Å². The van der Waals surface area contributed by atoms with Crippen LogP contribution in [0.2, 0.25) is 0 Å². The first-order valence-electron chi connectivity index (χ1n) is 3.19. The van der Waals surface area contributed by atoms with Crippen molar-refractivity contribution < 1.29 is 0 Å². The van der Waals surface area contributed by atoms with Crippen LogP contribution in [0, 0.1) is 0 Å². The molecule has 0 unspecified atom stereocenters. The summed E-state index contributed by atoms with van der Waals surface area (Å²) in [6, 6.07) is 0. The zero-order valence-corrected chi connectivity index (χ0v) is 7.04. The number of thioether (sulfide) groups is 1. The molecule has 0 atom stereocenters. The Balaban J connectivity index is 2.28. The molecular formula is C7H7NS2. The fourth-order valence-corrected chi connectivity index (χ4v) is 2.67. The maximum absolute atomic E-state index is 4.23. The van der Waals surface area contributed by atoms with Gasteiger partial charge in [0.2, 0.25) is 0 Å². The van der Waals surface area contributed by atoms with E-state index in [4.69, 9.17) is 0 Å². The van der Waals surface area contributed by atoms with Crippen LogP contribution in [0.25, 0.3) is 4.91 Å². The van der Waals surface area contributed by atoms with Crippen LogP contribution in [0.4, 0.5) is 0 Å². The average Bonchev–Trinajstić information content (AvgIpc) is 2.59. The number of aromatic nitrogens is 1. The molecule has 1 nitrogen and oxygen atoms in total. The van der Waals surface area contributed by atoms with Gasteiger partial charge in [-0.15, -0.1) is 23.1 Å². The van der Waals surface area contributed by atoms with Crippen molar-refractivity contribution in [1.82, 2.24) is 4.98 Å². The highest BCUT2D eigenvalue weighted by Crippen LogP contribution is 2.34. The third-order valence-corrected chi connectivity index (χ3v) is 3.39. The lowest BCUT2D eigenvalue weighted by molar-refractivity contribution is 1.27. The van der Waals surface area contributed by atoms with Gasteiger partial charge in [0.15, 0.2) is 0 Å². The summed E-state index contributed by atoms with van der Waals surface area (Å²) in [7, 11) is 0. The number of hydrogen-bond donors (Lipinski definition) is 0.